The van der Waals surface area contributed by atoms with Crippen LogP contribution in [0.3, 0.4) is 0 Å². The number of hydrogen-bond acceptors (Lipinski definition) is 9. The lowest BCUT2D eigenvalue weighted by molar-refractivity contribution is -0.143. The van der Waals surface area contributed by atoms with Crippen molar-refractivity contribution in [2.45, 2.75) is 62.7 Å². The van der Waals surface area contributed by atoms with Crippen molar-refractivity contribution in [1.82, 2.24) is 16.0 Å². The third kappa shape index (κ3) is 12.4. The molecule has 0 spiro atoms. The van der Waals surface area contributed by atoms with Gasteiger partial charge in [-0.15, -0.1) is 0 Å². The molecule has 1 aromatic carbocycles. The molecule has 0 saturated carbocycles. The minimum atomic E-state index is -1.55. The van der Waals surface area contributed by atoms with Gasteiger partial charge in [-0.3, -0.25) is 28.8 Å². The maximum Gasteiger partial charge on any atom is 0.326 e. The standard InChI is InChI=1S/C23H32N6O10/c24-13(10-18(26)32)20(35)27-14(5-7-17(25)31)21(36)28-15(6-8-19(33)34)22(37)29-16(23(38)39)9-11-1-3-12(30)4-2-11/h1-4,13-16,30H,5-10,24H2,(H2,25,31)(H2,26,32)(H,27,35)(H,28,36)(H,29,37)(H,33,34)(H,38,39)/t13-,14-,15-,16-/m0/s1. The van der Waals surface area contributed by atoms with Crippen molar-refractivity contribution in [2.24, 2.45) is 17.2 Å². The summed E-state index contributed by atoms with van der Waals surface area (Å²) in [5.74, 6) is -7.51. The number of aliphatic carboxylic acids is 2. The van der Waals surface area contributed by atoms with E-state index in [0.29, 0.717) is 5.56 Å². The fourth-order valence-corrected chi connectivity index (χ4v) is 3.29. The second-order valence-corrected chi connectivity index (χ2v) is 8.61. The van der Waals surface area contributed by atoms with E-state index in [-0.39, 0.29) is 25.0 Å². The van der Waals surface area contributed by atoms with E-state index in [2.05, 4.69) is 16.0 Å². The average Bonchev–Trinajstić information content (AvgIpc) is 2.83. The van der Waals surface area contributed by atoms with Gasteiger partial charge in [0.25, 0.3) is 0 Å². The molecule has 12 N–H and O–H groups in total. The molecule has 39 heavy (non-hydrogen) atoms. The summed E-state index contributed by atoms with van der Waals surface area (Å²) in [4.78, 5) is 83.4. The normalized spacial score (nSPS) is 13.7. The molecule has 1 rings (SSSR count). The van der Waals surface area contributed by atoms with Gasteiger partial charge in [0.1, 0.15) is 23.9 Å². The van der Waals surface area contributed by atoms with Gasteiger partial charge < -0.3 is 48.5 Å². The number of benzene rings is 1. The van der Waals surface area contributed by atoms with Gasteiger partial charge in [0.15, 0.2) is 0 Å². The van der Waals surface area contributed by atoms with Gasteiger partial charge in [-0.05, 0) is 30.5 Å². The number of carboxylic acid groups (broad SMARTS) is 2. The van der Waals surface area contributed by atoms with Crippen LogP contribution in [0.1, 0.15) is 37.7 Å². The first kappa shape index (κ1) is 32.3. The molecule has 16 heteroatoms. The molecule has 0 heterocycles. The minimum Gasteiger partial charge on any atom is -0.508 e. The fraction of sp³-hybridized carbons (Fsp3) is 0.435. The number of carbonyl (C=O) groups is 7. The first-order valence-electron chi connectivity index (χ1n) is 11.6. The number of carboxylic acids is 2. The van der Waals surface area contributed by atoms with E-state index in [4.69, 9.17) is 22.3 Å². The highest BCUT2D eigenvalue weighted by Gasteiger charge is 2.31. The summed E-state index contributed by atoms with van der Waals surface area (Å²) in [6.45, 7) is 0. The predicted octanol–water partition coefficient (Wildman–Crippen LogP) is -3.19. The second-order valence-electron chi connectivity index (χ2n) is 8.61. The molecule has 0 bridgehead atoms. The number of amides is 5. The third-order valence-electron chi connectivity index (χ3n) is 5.34. The summed E-state index contributed by atoms with van der Waals surface area (Å²) >= 11 is 0. The van der Waals surface area contributed by atoms with E-state index in [0.717, 1.165) is 0 Å². The van der Waals surface area contributed by atoms with Gasteiger partial charge in [-0.1, -0.05) is 12.1 Å². The van der Waals surface area contributed by atoms with Gasteiger partial charge in [0, 0.05) is 19.3 Å². The number of primary amides is 2. The molecule has 0 aliphatic carbocycles. The van der Waals surface area contributed by atoms with Crippen LogP contribution < -0.4 is 33.2 Å². The van der Waals surface area contributed by atoms with Crippen LogP contribution in [0.2, 0.25) is 0 Å². The van der Waals surface area contributed by atoms with Crippen molar-refractivity contribution in [3.05, 3.63) is 29.8 Å². The zero-order chi connectivity index (χ0) is 29.7. The van der Waals surface area contributed by atoms with Crippen LogP contribution in [0.5, 0.6) is 5.75 Å². The van der Waals surface area contributed by atoms with Crippen LogP contribution in [0, 0.1) is 0 Å². The van der Waals surface area contributed by atoms with Crippen LogP contribution in [0.4, 0.5) is 0 Å². The Morgan fingerprint density at radius 2 is 1.21 bits per heavy atom. The first-order chi connectivity index (χ1) is 18.2. The van der Waals surface area contributed by atoms with Crippen molar-refractivity contribution in [2.75, 3.05) is 0 Å². The number of nitrogens with two attached hydrogens (primary N) is 3. The number of nitrogens with one attached hydrogen (secondary N) is 3. The number of phenolic OH excluding ortho intramolecular Hbond substituents is 1. The smallest absolute Gasteiger partial charge is 0.326 e. The van der Waals surface area contributed by atoms with E-state index in [1.165, 1.54) is 24.3 Å². The summed E-state index contributed by atoms with van der Waals surface area (Å²) in [5, 5.41) is 34.7. The molecule has 0 radical (unpaired) electrons. The van der Waals surface area contributed by atoms with Crippen LogP contribution in [-0.2, 0) is 40.0 Å². The highest BCUT2D eigenvalue weighted by Crippen LogP contribution is 2.12. The Hall–Kier alpha value is -4.73. The Morgan fingerprint density at radius 3 is 1.67 bits per heavy atom. The number of carbonyl (C=O) groups excluding carboxylic acids is 5. The van der Waals surface area contributed by atoms with Gasteiger partial charge in [-0.25, -0.2) is 4.79 Å². The van der Waals surface area contributed by atoms with Crippen molar-refractivity contribution in [3.63, 3.8) is 0 Å². The number of aromatic hydroxyl groups is 1. The molecule has 0 aliphatic rings. The highest BCUT2D eigenvalue weighted by molar-refractivity contribution is 5.95. The van der Waals surface area contributed by atoms with Crippen molar-refractivity contribution in [3.8, 4) is 5.75 Å². The molecule has 5 amide bonds. The maximum absolute atomic E-state index is 13.0. The maximum atomic E-state index is 13.0. The summed E-state index contributed by atoms with van der Waals surface area (Å²) in [7, 11) is 0. The summed E-state index contributed by atoms with van der Waals surface area (Å²) in [6, 6.07) is -0.411. The number of phenols is 1. The van der Waals surface area contributed by atoms with Crippen LogP contribution >= 0.6 is 0 Å². The van der Waals surface area contributed by atoms with Crippen molar-refractivity contribution in [1.29, 1.82) is 0 Å². The Bertz CT molecular complexity index is 1080. The zero-order valence-electron chi connectivity index (χ0n) is 20.8. The Kier molecular flexibility index (Phi) is 12.8. The molecule has 1 aromatic rings. The van der Waals surface area contributed by atoms with Gasteiger partial charge in [-0.2, -0.15) is 0 Å². The topological polar surface area (TPSA) is 294 Å². The van der Waals surface area contributed by atoms with Crippen LogP contribution in [0.25, 0.3) is 0 Å². The Balaban J connectivity index is 3.08. The van der Waals surface area contributed by atoms with Crippen LogP contribution in [0.15, 0.2) is 24.3 Å². The van der Waals surface area contributed by atoms with E-state index < -0.39 is 84.9 Å². The number of rotatable bonds is 17. The molecule has 214 valence electrons. The quantitative estimate of drug-likeness (QED) is 0.0927. The van der Waals surface area contributed by atoms with E-state index >= 15 is 0 Å². The van der Waals surface area contributed by atoms with E-state index in [9.17, 15) is 43.8 Å². The molecule has 4 atom stereocenters. The highest BCUT2D eigenvalue weighted by atomic mass is 16.4. The fourth-order valence-electron chi connectivity index (χ4n) is 3.29. The lowest BCUT2D eigenvalue weighted by atomic mass is 10.0. The largest absolute Gasteiger partial charge is 0.508 e. The van der Waals surface area contributed by atoms with Crippen LogP contribution in [-0.4, -0.2) is 81.0 Å². The van der Waals surface area contributed by atoms with Crippen molar-refractivity contribution >= 4 is 41.5 Å². The SMILES string of the molecule is NC(=O)CC[C@H](NC(=O)[C@@H](N)CC(N)=O)C(=O)N[C@@H](CCC(=O)O)C(=O)N[C@@H](Cc1ccc(O)cc1)C(=O)O. The predicted molar refractivity (Wildman–Crippen MR) is 132 cm³/mol. The van der Waals surface area contributed by atoms with Gasteiger partial charge in [0.05, 0.1) is 12.5 Å². The third-order valence-corrected chi connectivity index (χ3v) is 5.34. The van der Waals surface area contributed by atoms with Gasteiger partial charge in [0.2, 0.25) is 29.5 Å². The molecule has 0 unspecified atom stereocenters. The van der Waals surface area contributed by atoms with E-state index in [1.807, 2.05) is 0 Å². The Labute approximate surface area is 222 Å². The minimum absolute atomic E-state index is 0.0559. The molecule has 0 saturated heterocycles. The summed E-state index contributed by atoms with van der Waals surface area (Å²) in [5.41, 5.74) is 16.1. The zero-order valence-corrected chi connectivity index (χ0v) is 20.8. The van der Waals surface area contributed by atoms with Gasteiger partial charge >= 0.3 is 11.9 Å². The molecule has 0 aliphatic heterocycles. The second kappa shape index (κ2) is 15.5. The molecular formula is C23H32N6O10. The van der Waals surface area contributed by atoms with Crippen molar-refractivity contribution < 1.29 is 48.9 Å². The average molecular weight is 553 g/mol. The lowest BCUT2D eigenvalue weighted by Gasteiger charge is -2.25. The first-order valence-corrected chi connectivity index (χ1v) is 11.6. The monoisotopic (exact) mass is 552 g/mol. The lowest BCUT2D eigenvalue weighted by Crippen LogP contribution is -2.57. The summed E-state index contributed by atoms with van der Waals surface area (Å²) in [6.07, 6.45) is -2.48. The summed E-state index contributed by atoms with van der Waals surface area (Å²) < 4.78 is 0. The molecular weight excluding hydrogens is 520 g/mol. The molecule has 0 aromatic heterocycles. The molecule has 16 nitrogen and oxygen atoms in total. The Morgan fingerprint density at radius 1 is 0.718 bits per heavy atom. The molecule has 0 fully saturated rings. The van der Waals surface area contributed by atoms with E-state index in [1.54, 1.807) is 0 Å². The number of hydrogen-bond donors (Lipinski definition) is 9.